The molecule has 1 N–H and O–H groups in total. The monoisotopic (exact) mass is 245 g/mol. The van der Waals surface area contributed by atoms with E-state index in [0.717, 1.165) is 0 Å². The number of rotatable bonds is 3. The van der Waals surface area contributed by atoms with E-state index in [2.05, 4.69) is 10.2 Å². The van der Waals surface area contributed by atoms with Crippen LogP contribution in [-0.4, -0.2) is 21.4 Å². The van der Waals surface area contributed by atoms with E-state index in [4.69, 9.17) is 0 Å². The van der Waals surface area contributed by atoms with E-state index in [-0.39, 0.29) is 11.3 Å². The van der Waals surface area contributed by atoms with E-state index in [1.807, 2.05) is 0 Å². The van der Waals surface area contributed by atoms with Crippen molar-refractivity contribution < 1.29 is 9.72 Å². The zero-order chi connectivity index (χ0) is 13.1. The number of nitrogens with zero attached hydrogens (tertiary/aromatic N) is 2. The summed E-state index contributed by atoms with van der Waals surface area (Å²) in [7, 11) is 0. The fraction of sp³-hybridized carbons (Fsp3) is 0. The van der Waals surface area contributed by atoms with Gasteiger partial charge in [0.1, 0.15) is 0 Å². The molecule has 90 valence electrons. The van der Waals surface area contributed by atoms with Crippen LogP contribution >= 0.6 is 0 Å². The molecule has 0 bridgehead atoms. The summed E-state index contributed by atoms with van der Waals surface area (Å²) >= 11 is 0. The third-order valence-electron chi connectivity index (χ3n) is 2.31. The smallest absolute Gasteiger partial charge is 0.274 e. The van der Waals surface area contributed by atoms with E-state index >= 15 is 0 Å². The van der Waals surface area contributed by atoms with E-state index in [1.165, 1.54) is 24.3 Å². The zero-order valence-electron chi connectivity index (χ0n) is 8.99. The van der Waals surface area contributed by atoms with E-state index < -0.39 is 10.5 Å². The predicted molar refractivity (Wildman–Crippen MR) is 62.3 cm³/mol. The minimum Gasteiger partial charge on any atom is -0.298 e. The van der Waals surface area contributed by atoms with Crippen molar-refractivity contribution in [3.63, 3.8) is 0 Å². The highest BCUT2D eigenvalue weighted by Gasteiger charge is 2.09. The van der Waals surface area contributed by atoms with Crippen LogP contribution < -0.4 is 5.56 Å². The number of benzene rings is 1. The Morgan fingerprint density at radius 1 is 1.33 bits per heavy atom. The first-order chi connectivity index (χ1) is 8.61. The van der Waals surface area contributed by atoms with Crippen molar-refractivity contribution >= 4 is 12.0 Å². The molecule has 0 radical (unpaired) electrons. The average molecular weight is 245 g/mol. The molecule has 0 unspecified atom stereocenters. The molecule has 1 aromatic carbocycles. The summed E-state index contributed by atoms with van der Waals surface area (Å²) in [5.74, 6) is 0. The van der Waals surface area contributed by atoms with Gasteiger partial charge < -0.3 is 0 Å². The average Bonchev–Trinajstić information content (AvgIpc) is 2.39. The maximum absolute atomic E-state index is 11.2. The molecule has 1 aromatic heterocycles. The summed E-state index contributed by atoms with van der Waals surface area (Å²) < 4.78 is 0. The minimum atomic E-state index is -0.598. The van der Waals surface area contributed by atoms with E-state index in [0.29, 0.717) is 17.5 Å². The third-order valence-corrected chi connectivity index (χ3v) is 2.31. The summed E-state index contributed by atoms with van der Waals surface area (Å²) in [6.45, 7) is 0. The Hall–Kier alpha value is -2.83. The highest BCUT2D eigenvalue weighted by Crippen LogP contribution is 2.21. The van der Waals surface area contributed by atoms with Gasteiger partial charge in [-0.3, -0.25) is 19.7 Å². The topological polar surface area (TPSA) is 106 Å². The van der Waals surface area contributed by atoms with Crippen LogP contribution in [0.3, 0.4) is 0 Å². The van der Waals surface area contributed by atoms with Crippen LogP contribution in [0.1, 0.15) is 10.4 Å². The first-order valence-electron chi connectivity index (χ1n) is 4.91. The molecule has 0 saturated heterocycles. The Balaban J connectivity index is 2.55. The van der Waals surface area contributed by atoms with Gasteiger partial charge in [-0.1, -0.05) is 12.1 Å². The molecule has 2 aromatic rings. The van der Waals surface area contributed by atoms with Crippen LogP contribution in [0, 0.1) is 10.1 Å². The van der Waals surface area contributed by atoms with E-state index in [9.17, 15) is 19.7 Å². The summed E-state index contributed by atoms with van der Waals surface area (Å²) in [5.41, 5.74) is -0.0252. The molecule has 7 nitrogen and oxygen atoms in total. The second-order valence-corrected chi connectivity index (χ2v) is 3.46. The van der Waals surface area contributed by atoms with Gasteiger partial charge in [0.2, 0.25) is 0 Å². The molecule has 0 fully saturated rings. The number of hydrogen-bond acceptors (Lipinski definition) is 5. The summed E-state index contributed by atoms with van der Waals surface area (Å²) in [4.78, 5) is 31.9. The predicted octanol–water partition coefficient (Wildman–Crippen LogP) is 1.16. The lowest BCUT2D eigenvalue weighted by molar-refractivity contribution is -0.384. The summed E-state index contributed by atoms with van der Waals surface area (Å²) in [6.07, 6.45) is 0.404. The molecule has 18 heavy (non-hydrogen) atoms. The number of aromatic amines is 1. The van der Waals surface area contributed by atoms with Gasteiger partial charge in [0.15, 0.2) is 6.29 Å². The molecular weight excluding hydrogens is 238 g/mol. The maximum Gasteiger partial charge on any atom is 0.274 e. The lowest BCUT2D eigenvalue weighted by atomic mass is 10.1. The number of nitro benzene ring substituents is 1. The minimum absolute atomic E-state index is 0.0773. The Bertz CT molecular complexity index is 678. The van der Waals surface area contributed by atoms with Crippen molar-refractivity contribution in [1.29, 1.82) is 0 Å². The molecular formula is C11H7N3O4. The number of H-pyrrole nitrogens is 1. The fourth-order valence-electron chi connectivity index (χ4n) is 1.43. The van der Waals surface area contributed by atoms with Crippen LogP contribution in [0.2, 0.25) is 0 Å². The van der Waals surface area contributed by atoms with Gasteiger partial charge in [-0.25, -0.2) is 5.10 Å². The number of carbonyl (C=O) groups is 1. The van der Waals surface area contributed by atoms with Crippen LogP contribution in [-0.2, 0) is 0 Å². The second kappa shape index (κ2) is 4.58. The normalized spacial score (nSPS) is 10.0. The van der Waals surface area contributed by atoms with Crippen LogP contribution in [0.25, 0.3) is 11.3 Å². The first-order valence-corrected chi connectivity index (χ1v) is 4.91. The van der Waals surface area contributed by atoms with Gasteiger partial charge in [-0.2, -0.15) is 5.10 Å². The van der Waals surface area contributed by atoms with Crippen molar-refractivity contribution in [3.05, 3.63) is 56.4 Å². The number of nitrogens with one attached hydrogen (secondary N) is 1. The molecule has 0 saturated carbocycles. The van der Waals surface area contributed by atoms with Gasteiger partial charge in [-0.05, 0) is 6.07 Å². The molecule has 1 heterocycles. The maximum atomic E-state index is 11.2. The quantitative estimate of drug-likeness (QED) is 0.496. The Kier molecular flexibility index (Phi) is 2.96. The van der Waals surface area contributed by atoms with Crippen LogP contribution in [0.4, 0.5) is 5.69 Å². The number of hydrogen-bond donors (Lipinski definition) is 1. The fourth-order valence-corrected chi connectivity index (χ4v) is 1.43. The third kappa shape index (κ3) is 2.14. The number of carbonyl (C=O) groups excluding carboxylic acids is 1. The van der Waals surface area contributed by atoms with Crippen molar-refractivity contribution in [2.24, 2.45) is 0 Å². The number of aromatic nitrogens is 2. The zero-order valence-corrected chi connectivity index (χ0v) is 8.99. The molecule has 0 atom stereocenters. The van der Waals surface area contributed by atoms with Gasteiger partial charge >= 0.3 is 0 Å². The highest BCUT2D eigenvalue weighted by molar-refractivity contribution is 5.77. The molecule has 0 aliphatic rings. The van der Waals surface area contributed by atoms with Gasteiger partial charge in [0.05, 0.1) is 16.2 Å². The summed E-state index contributed by atoms with van der Waals surface area (Å²) in [5, 5.41) is 16.5. The molecule has 0 amide bonds. The van der Waals surface area contributed by atoms with Crippen molar-refractivity contribution in [2.45, 2.75) is 0 Å². The number of non-ortho nitro benzene ring substituents is 1. The molecule has 0 spiro atoms. The lowest BCUT2D eigenvalue weighted by Gasteiger charge is -2.00. The van der Waals surface area contributed by atoms with Crippen molar-refractivity contribution in [1.82, 2.24) is 10.2 Å². The standard InChI is InChI=1S/C11H7N3O4/c15-6-8-5-10(12-13-11(8)16)7-2-1-3-9(4-7)14(17)18/h1-6H,(H,13,16). The Morgan fingerprint density at radius 2 is 2.11 bits per heavy atom. The largest absolute Gasteiger partial charge is 0.298 e. The van der Waals surface area contributed by atoms with Crippen molar-refractivity contribution in [2.75, 3.05) is 0 Å². The number of nitro groups is 1. The van der Waals surface area contributed by atoms with Gasteiger partial charge in [-0.15, -0.1) is 0 Å². The Morgan fingerprint density at radius 3 is 2.78 bits per heavy atom. The van der Waals surface area contributed by atoms with Crippen LogP contribution in [0.15, 0.2) is 35.1 Å². The van der Waals surface area contributed by atoms with Crippen molar-refractivity contribution in [3.8, 4) is 11.3 Å². The SMILES string of the molecule is O=Cc1cc(-c2cccc([N+](=O)[O-])c2)n[nH]c1=O. The van der Waals surface area contributed by atoms with Crippen LogP contribution in [0.5, 0.6) is 0 Å². The number of aldehydes is 1. The Labute approximate surface area is 100 Å². The lowest BCUT2D eigenvalue weighted by Crippen LogP contribution is -2.13. The summed E-state index contributed by atoms with van der Waals surface area (Å²) in [6, 6.07) is 7.04. The second-order valence-electron chi connectivity index (χ2n) is 3.46. The first kappa shape index (κ1) is 11.6. The van der Waals surface area contributed by atoms with E-state index in [1.54, 1.807) is 6.07 Å². The molecule has 2 rings (SSSR count). The molecule has 7 heteroatoms. The molecule has 0 aliphatic carbocycles. The van der Waals surface area contributed by atoms with Gasteiger partial charge in [0, 0.05) is 17.7 Å². The highest BCUT2D eigenvalue weighted by atomic mass is 16.6. The van der Waals surface area contributed by atoms with Gasteiger partial charge in [0.25, 0.3) is 11.2 Å². The molecule has 0 aliphatic heterocycles.